The number of nitrogens with one attached hydrogen (secondary N) is 1. The fourth-order valence-electron chi connectivity index (χ4n) is 3.42. The Balaban J connectivity index is 1.27. The van der Waals surface area contributed by atoms with Crippen LogP contribution in [-0.4, -0.2) is 54.0 Å². The summed E-state index contributed by atoms with van der Waals surface area (Å²) in [6, 6.07) is 7.30. The predicted molar refractivity (Wildman–Crippen MR) is 107 cm³/mol. The average molecular weight is 400 g/mol. The molecule has 8 heteroatoms. The monoisotopic (exact) mass is 400 g/mol. The van der Waals surface area contributed by atoms with Crippen molar-refractivity contribution in [3.8, 4) is 5.75 Å². The molecule has 1 aromatic heterocycles. The van der Waals surface area contributed by atoms with Crippen molar-refractivity contribution in [1.82, 2.24) is 15.0 Å². The summed E-state index contributed by atoms with van der Waals surface area (Å²) in [4.78, 5) is 18.9. The van der Waals surface area contributed by atoms with Crippen LogP contribution in [0.15, 0.2) is 28.8 Å². The maximum absolute atomic E-state index is 12.7. The van der Waals surface area contributed by atoms with Crippen molar-refractivity contribution in [2.24, 2.45) is 5.92 Å². The molecule has 1 atom stereocenters. The molecule has 0 radical (unpaired) electrons. The second-order valence-electron chi connectivity index (χ2n) is 7.61. The van der Waals surface area contributed by atoms with E-state index in [9.17, 15) is 4.79 Å². The Morgan fingerprint density at radius 2 is 2.17 bits per heavy atom. The van der Waals surface area contributed by atoms with E-state index in [0.29, 0.717) is 55.9 Å². The number of urea groups is 1. The lowest BCUT2D eigenvalue weighted by molar-refractivity contribution is 0.125. The first kappa shape index (κ1) is 19.7. The van der Waals surface area contributed by atoms with E-state index in [-0.39, 0.29) is 11.9 Å². The third-order valence-electron chi connectivity index (χ3n) is 5.26. The zero-order valence-corrected chi connectivity index (χ0v) is 16.8. The number of hydrogen-bond acceptors (Lipinski definition) is 6. The van der Waals surface area contributed by atoms with Crippen molar-refractivity contribution < 1.29 is 18.8 Å². The molecule has 156 valence electrons. The highest BCUT2D eigenvalue weighted by Crippen LogP contribution is 2.29. The molecule has 0 bridgehead atoms. The molecule has 1 saturated heterocycles. The van der Waals surface area contributed by atoms with Gasteiger partial charge in [0.1, 0.15) is 5.75 Å². The first-order chi connectivity index (χ1) is 14.2. The summed E-state index contributed by atoms with van der Waals surface area (Å²) in [5, 5.41) is 7.00. The molecule has 2 heterocycles. The summed E-state index contributed by atoms with van der Waals surface area (Å²) in [5.74, 6) is 2.77. The van der Waals surface area contributed by atoms with Gasteiger partial charge in [0, 0.05) is 26.1 Å². The number of aromatic nitrogens is 2. The van der Waals surface area contributed by atoms with E-state index in [4.69, 9.17) is 14.0 Å². The Labute approximate surface area is 170 Å². The summed E-state index contributed by atoms with van der Waals surface area (Å²) in [5.41, 5.74) is 0.675. The third kappa shape index (κ3) is 5.26. The van der Waals surface area contributed by atoms with Crippen LogP contribution >= 0.6 is 0 Å². The van der Waals surface area contributed by atoms with Gasteiger partial charge in [-0.15, -0.1) is 0 Å². The SMILES string of the molecule is CCOc1ccccc1NC(=O)N1CCC(c2nc(CCOCC3CC3)no2)C1. The molecule has 2 aromatic rings. The number of rotatable bonds is 9. The molecule has 2 fully saturated rings. The normalized spacial score (nSPS) is 18.8. The van der Waals surface area contributed by atoms with Crippen molar-refractivity contribution in [3.63, 3.8) is 0 Å². The largest absolute Gasteiger partial charge is 0.492 e. The summed E-state index contributed by atoms with van der Waals surface area (Å²) in [6.45, 7) is 5.13. The second-order valence-corrected chi connectivity index (χ2v) is 7.61. The van der Waals surface area contributed by atoms with Gasteiger partial charge in [0.25, 0.3) is 0 Å². The number of carbonyl (C=O) groups excluding carboxylic acids is 1. The number of hydrogen-bond donors (Lipinski definition) is 1. The molecule has 2 amide bonds. The summed E-state index contributed by atoms with van der Waals surface area (Å²) in [7, 11) is 0. The summed E-state index contributed by atoms with van der Waals surface area (Å²) >= 11 is 0. The highest BCUT2D eigenvalue weighted by Gasteiger charge is 2.31. The molecule has 1 aliphatic heterocycles. The van der Waals surface area contributed by atoms with E-state index in [1.165, 1.54) is 12.8 Å². The third-order valence-corrected chi connectivity index (χ3v) is 5.26. The van der Waals surface area contributed by atoms with Gasteiger partial charge < -0.3 is 24.2 Å². The van der Waals surface area contributed by atoms with Gasteiger partial charge in [0.2, 0.25) is 5.89 Å². The topological polar surface area (TPSA) is 89.7 Å². The number of amides is 2. The molecule has 29 heavy (non-hydrogen) atoms. The van der Waals surface area contributed by atoms with E-state index in [1.807, 2.05) is 31.2 Å². The molecular weight excluding hydrogens is 372 g/mol. The van der Waals surface area contributed by atoms with Crippen LogP contribution in [0.4, 0.5) is 10.5 Å². The Morgan fingerprint density at radius 1 is 1.31 bits per heavy atom. The van der Waals surface area contributed by atoms with Crippen molar-refractivity contribution in [3.05, 3.63) is 36.0 Å². The van der Waals surface area contributed by atoms with Gasteiger partial charge in [0.15, 0.2) is 5.82 Å². The number of carbonyl (C=O) groups is 1. The molecule has 1 aliphatic carbocycles. The van der Waals surface area contributed by atoms with E-state index >= 15 is 0 Å². The summed E-state index contributed by atoms with van der Waals surface area (Å²) in [6.07, 6.45) is 4.03. The molecule has 0 spiro atoms. The van der Waals surface area contributed by atoms with Crippen LogP contribution in [-0.2, 0) is 11.2 Å². The van der Waals surface area contributed by atoms with Crippen LogP contribution in [0.25, 0.3) is 0 Å². The lowest BCUT2D eigenvalue weighted by Crippen LogP contribution is -2.33. The number of likely N-dealkylation sites (tertiary alicyclic amines) is 1. The van der Waals surface area contributed by atoms with E-state index in [0.717, 1.165) is 18.9 Å². The van der Waals surface area contributed by atoms with Gasteiger partial charge in [-0.3, -0.25) is 0 Å². The molecule has 1 aromatic carbocycles. The van der Waals surface area contributed by atoms with Crippen molar-refractivity contribution in [2.75, 3.05) is 38.2 Å². The molecular formula is C21H28N4O4. The lowest BCUT2D eigenvalue weighted by atomic mass is 10.1. The van der Waals surface area contributed by atoms with Gasteiger partial charge in [-0.05, 0) is 44.2 Å². The van der Waals surface area contributed by atoms with Crippen LogP contribution in [0.1, 0.15) is 43.8 Å². The smallest absolute Gasteiger partial charge is 0.321 e. The van der Waals surface area contributed by atoms with E-state index in [1.54, 1.807) is 4.90 Å². The Morgan fingerprint density at radius 3 is 3.00 bits per heavy atom. The summed E-state index contributed by atoms with van der Waals surface area (Å²) < 4.78 is 16.7. The Kier molecular flexibility index (Phi) is 6.29. The van der Waals surface area contributed by atoms with Gasteiger partial charge in [-0.25, -0.2) is 4.79 Å². The number of anilines is 1. The molecule has 8 nitrogen and oxygen atoms in total. The van der Waals surface area contributed by atoms with Gasteiger partial charge in [-0.2, -0.15) is 4.98 Å². The molecule has 2 aliphatic rings. The fraction of sp³-hybridized carbons (Fsp3) is 0.571. The second kappa shape index (κ2) is 9.26. The van der Waals surface area contributed by atoms with Gasteiger partial charge >= 0.3 is 6.03 Å². The van der Waals surface area contributed by atoms with Crippen LogP contribution in [0.3, 0.4) is 0 Å². The van der Waals surface area contributed by atoms with Gasteiger partial charge in [-0.1, -0.05) is 17.3 Å². The highest BCUT2D eigenvalue weighted by molar-refractivity contribution is 5.91. The van der Waals surface area contributed by atoms with Crippen molar-refractivity contribution >= 4 is 11.7 Å². The first-order valence-corrected chi connectivity index (χ1v) is 10.4. The minimum absolute atomic E-state index is 0.0662. The minimum Gasteiger partial charge on any atom is -0.492 e. The number of benzene rings is 1. The van der Waals surface area contributed by atoms with Crippen LogP contribution < -0.4 is 10.1 Å². The molecule has 1 unspecified atom stereocenters. The maximum Gasteiger partial charge on any atom is 0.321 e. The van der Waals surface area contributed by atoms with Crippen LogP contribution in [0.5, 0.6) is 5.75 Å². The standard InChI is InChI=1S/C21H28N4O4/c1-2-28-18-6-4-3-5-17(18)22-21(26)25-11-9-16(13-25)20-23-19(24-29-20)10-12-27-14-15-7-8-15/h3-6,15-16H,2,7-14H2,1H3,(H,22,26). The molecule has 1 saturated carbocycles. The zero-order chi connectivity index (χ0) is 20.1. The fourth-order valence-corrected chi connectivity index (χ4v) is 3.42. The number of nitrogens with zero attached hydrogens (tertiary/aromatic N) is 3. The van der Waals surface area contributed by atoms with Crippen molar-refractivity contribution in [1.29, 1.82) is 0 Å². The number of para-hydroxylation sites is 2. The Hall–Kier alpha value is -2.61. The highest BCUT2D eigenvalue weighted by atomic mass is 16.5. The van der Waals surface area contributed by atoms with Crippen LogP contribution in [0.2, 0.25) is 0 Å². The Bertz CT molecular complexity index is 821. The van der Waals surface area contributed by atoms with Gasteiger partial charge in [0.05, 0.1) is 24.8 Å². The molecule has 4 rings (SSSR count). The maximum atomic E-state index is 12.7. The quantitative estimate of drug-likeness (QED) is 0.649. The first-order valence-electron chi connectivity index (χ1n) is 10.4. The van der Waals surface area contributed by atoms with Crippen LogP contribution in [0, 0.1) is 5.92 Å². The van der Waals surface area contributed by atoms with Crippen molar-refractivity contribution in [2.45, 2.75) is 38.5 Å². The average Bonchev–Trinajstić information content (AvgIpc) is 3.22. The number of ether oxygens (including phenoxy) is 2. The van der Waals surface area contributed by atoms with E-state index < -0.39 is 0 Å². The molecule has 1 N–H and O–H groups in total. The minimum atomic E-state index is -0.145. The predicted octanol–water partition coefficient (Wildman–Crippen LogP) is 3.46. The lowest BCUT2D eigenvalue weighted by Gasteiger charge is -2.18. The zero-order valence-electron chi connectivity index (χ0n) is 16.8. The van der Waals surface area contributed by atoms with E-state index in [2.05, 4.69) is 15.5 Å².